The fraction of sp³-hybridized carbons (Fsp3) is 0.556. The number of rotatable bonds is 7. The molecule has 25 heavy (non-hydrogen) atoms. The number of guanidine groups is 1. The van der Waals surface area contributed by atoms with Crippen LogP contribution in [0, 0.1) is 0 Å². The van der Waals surface area contributed by atoms with Gasteiger partial charge in [-0.2, -0.15) is 11.8 Å². The molecule has 0 saturated heterocycles. The fourth-order valence-corrected chi connectivity index (χ4v) is 2.38. The minimum Gasteiger partial charge on any atom is -0.444 e. The normalized spacial score (nSPS) is 13.1. The Kier molecular flexibility index (Phi) is 9.20. The highest BCUT2D eigenvalue weighted by atomic mass is 32.2. The van der Waals surface area contributed by atoms with Gasteiger partial charge in [0.1, 0.15) is 5.60 Å². The Morgan fingerprint density at radius 3 is 2.48 bits per heavy atom. The Hall–Kier alpha value is -1.89. The summed E-state index contributed by atoms with van der Waals surface area (Å²) in [6, 6.07) is 9.58. The number of aliphatic imine (C=N–C) groups is 1. The number of nitrogens with one attached hydrogen (secondary N) is 3. The summed E-state index contributed by atoms with van der Waals surface area (Å²) in [6.07, 6.45) is 1.63. The molecule has 1 unspecified atom stereocenters. The first-order chi connectivity index (χ1) is 11.9. The number of carbonyl (C=O) groups is 1. The first kappa shape index (κ1) is 21.2. The summed E-state index contributed by atoms with van der Waals surface area (Å²) >= 11 is 1.77. The molecule has 1 amide bonds. The predicted octanol–water partition coefficient (Wildman–Crippen LogP) is 2.78. The van der Waals surface area contributed by atoms with Gasteiger partial charge in [-0.05, 0) is 32.6 Å². The summed E-state index contributed by atoms with van der Waals surface area (Å²) in [5, 5.41) is 9.42. The van der Waals surface area contributed by atoms with E-state index in [1.807, 2.05) is 51.1 Å². The number of hydrogen-bond donors (Lipinski definition) is 3. The first-order valence-corrected chi connectivity index (χ1v) is 9.73. The Bertz CT molecular complexity index is 544. The van der Waals surface area contributed by atoms with Gasteiger partial charge in [-0.1, -0.05) is 30.3 Å². The van der Waals surface area contributed by atoms with Gasteiger partial charge in [0.25, 0.3) is 0 Å². The van der Waals surface area contributed by atoms with Crippen LogP contribution in [0.3, 0.4) is 0 Å². The van der Waals surface area contributed by atoms with Crippen molar-refractivity contribution in [2.45, 2.75) is 32.4 Å². The molecule has 3 N–H and O–H groups in total. The lowest BCUT2D eigenvalue weighted by Gasteiger charge is -2.24. The smallest absolute Gasteiger partial charge is 0.408 e. The SMILES string of the molecule is CN=C(NCCSC)NCC(NC(=O)OC(C)(C)C)c1ccccc1. The van der Waals surface area contributed by atoms with E-state index >= 15 is 0 Å². The molecule has 0 spiro atoms. The number of hydrogen-bond acceptors (Lipinski definition) is 4. The van der Waals surface area contributed by atoms with Crippen molar-refractivity contribution in [3.05, 3.63) is 35.9 Å². The third kappa shape index (κ3) is 9.24. The van der Waals surface area contributed by atoms with E-state index < -0.39 is 11.7 Å². The van der Waals surface area contributed by atoms with Crippen molar-refractivity contribution in [1.29, 1.82) is 0 Å². The second-order valence-electron chi connectivity index (χ2n) is 6.48. The van der Waals surface area contributed by atoms with E-state index in [4.69, 9.17) is 4.74 Å². The summed E-state index contributed by atoms with van der Waals surface area (Å²) in [5.41, 5.74) is 0.467. The number of amides is 1. The fourth-order valence-electron chi connectivity index (χ4n) is 2.08. The van der Waals surface area contributed by atoms with Gasteiger partial charge in [0.2, 0.25) is 0 Å². The lowest BCUT2D eigenvalue weighted by molar-refractivity contribution is 0.0504. The molecule has 1 aromatic rings. The van der Waals surface area contributed by atoms with Crippen molar-refractivity contribution in [2.24, 2.45) is 4.99 Å². The van der Waals surface area contributed by atoms with Crippen LogP contribution in [0.2, 0.25) is 0 Å². The van der Waals surface area contributed by atoms with Crippen LogP contribution in [0.25, 0.3) is 0 Å². The number of ether oxygens (including phenoxy) is 1. The maximum Gasteiger partial charge on any atom is 0.408 e. The second kappa shape index (κ2) is 10.9. The highest BCUT2D eigenvalue weighted by Crippen LogP contribution is 2.14. The van der Waals surface area contributed by atoms with Crippen LogP contribution >= 0.6 is 11.8 Å². The number of benzene rings is 1. The molecular formula is C18H30N4O2S. The van der Waals surface area contributed by atoms with Gasteiger partial charge in [0.05, 0.1) is 6.04 Å². The molecule has 0 saturated carbocycles. The third-order valence-electron chi connectivity index (χ3n) is 3.19. The second-order valence-corrected chi connectivity index (χ2v) is 7.47. The molecule has 0 heterocycles. The Labute approximate surface area is 155 Å². The van der Waals surface area contributed by atoms with Crippen molar-refractivity contribution in [3.63, 3.8) is 0 Å². The number of thioether (sulfide) groups is 1. The lowest BCUT2D eigenvalue weighted by Crippen LogP contribution is -2.44. The molecule has 0 aliphatic heterocycles. The van der Waals surface area contributed by atoms with Crippen molar-refractivity contribution < 1.29 is 9.53 Å². The molecule has 0 fully saturated rings. The van der Waals surface area contributed by atoms with Crippen LogP contribution in [0.4, 0.5) is 4.79 Å². The maximum absolute atomic E-state index is 12.2. The van der Waals surface area contributed by atoms with E-state index in [0.29, 0.717) is 12.5 Å². The van der Waals surface area contributed by atoms with E-state index in [-0.39, 0.29) is 6.04 Å². The molecule has 0 aromatic heterocycles. The van der Waals surface area contributed by atoms with Crippen molar-refractivity contribution in [3.8, 4) is 0 Å². The molecule has 140 valence electrons. The summed E-state index contributed by atoms with van der Waals surface area (Å²) in [7, 11) is 1.73. The van der Waals surface area contributed by atoms with Crippen molar-refractivity contribution in [1.82, 2.24) is 16.0 Å². The minimum atomic E-state index is -0.534. The van der Waals surface area contributed by atoms with Gasteiger partial charge in [-0.3, -0.25) is 4.99 Å². The molecule has 0 aliphatic carbocycles. The zero-order chi connectivity index (χ0) is 18.7. The Balaban J connectivity index is 2.70. The predicted molar refractivity (Wildman–Crippen MR) is 106 cm³/mol. The molecule has 0 aliphatic rings. The number of alkyl carbamates (subject to hydrolysis) is 1. The van der Waals surface area contributed by atoms with Gasteiger partial charge < -0.3 is 20.7 Å². The highest BCUT2D eigenvalue weighted by Gasteiger charge is 2.20. The maximum atomic E-state index is 12.2. The average molecular weight is 367 g/mol. The Morgan fingerprint density at radius 1 is 1.24 bits per heavy atom. The molecule has 7 heteroatoms. The molecule has 1 aromatic carbocycles. The van der Waals surface area contributed by atoms with Gasteiger partial charge in [0.15, 0.2) is 5.96 Å². The largest absolute Gasteiger partial charge is 0.444 e. The van der Waals surface area contributed by atoms with E-state index in [2.05, 4.69) is 27.2 Å². The summed E-state index contributed by atoms with van der Waals surface area (Å²) in [6.45, 7) is 6.87. The van der Waals surface area contributed by atoms with E-state index in [1.54, 1.807) is 18.8 Å². The standard InChI is InChI=1S/C18H30N4O2S/c1-18(2,3)24-17(23)22-15(14-9-7-6-8-10-14)13-21-16(19-4)20-11-12-25-5/h6-10,15H,11-13H2,1-5H3,(H,22,23)(H2,19,20,21). The zero-order valence-corrected chi connectivity index (χ0v) is 16.6. The summed E-state index contributed by atoms with van der Waals surface area (Å²) in [5.74, 6) is 1.71. The van der Waals surface area contributed by atoms with Crippen LogP contribution in [0.15, 0.2) is 35.3 Å². The molecule has 1 atom stereocenters. The molecule has 0 bridgehead atoms. The highest BCUT2D eigenvalue weighted by molar-refractivity contribution is 7.98. The minimum absolute atomic E-state index is 0.227. The molecule has 6 nitrogen and oxygen atoms in total. The van der Waals surface area contributed by atoms with E-state index in [0.717, 1.165) is 17.9 Å². The summed E-state index contributed by atoms with van der Waals surface area (Å²) in [4.78, 5) is 16.4. The van der Waals surface area contributed by atoms with Crippen LogP contribution < -0.4 is 16.0 Å². The number of nitrogens with zero attached hydrogens (tertiary/aromatic N) is 1. The summed E-state index contributed by atoms with van der Waals surface area (Å²) < 4.78 is 5.38. The van der Waals surface area contributed by atoms with Crippen LogP contribution in [-0.4, -0.2) is 49.8 Å². The van der Waals surface area contributed by atoms with Crippen LogP contribution in [-0.2, 0) is 4.74 Å². The van der Waals surface area contributed by atoms with E-state index in [9.17, 15) is 4.79 Å². The van der Waals surface area contributed by atoms with Gasteiger partial charge in [0, 0.05) is 25.9 Å². The third-order valence-corrected chi connectivity index (χ3v) is 3.80. The average Bonchev–Trinajstić information content (AvgIpc) is 2.56. The Morgan fingerprint density at radius 2 is 1.92 bits per heavy atom. The van der Waals surface area contributed by atoms with Gasteiger partial charge in [-0.15, -0.1) is 0 Å². The van der Waals surface area contributed by atoms with Gasteiger partial charge in [-0.25, -0.2) is 4.79 Å². The quantitative estimate of drug-likeness (QED) is 0.393. The van der Waals surface area contributed by atoms with Crippen molar-refractivity contribution >= 4 is 23.8 Å². The molecule has 1 rings (SSSR count). The number of carbonyl (C=O) groups excluding carboxylic acids is 1. The first-order valence-electron chi connectivity index (χ1n) is 8.33. The van der Waals surface area contributed by atoms with E-state index in [1.165, 1.54) is 0 Å². The lowest BCUT2D eigenvalue weighted by atomic mass is 10.1. The van der Waals surface area contributed by atoms with Crippen LogP contribution in [0.5, 0.6) is 0 Å². The zero-order valence-electron chi connectivity index (χ0n) is 15.8. The van der Waals surface area contributed by atoms with Gasteiger partial charge >= 0.3 is 6.09 Å². The molecule has 0 radical (unpaired) electrons. The molecular weight excluding hydrogens is 336 g/mol. The van der Waals surface area contributed by atoms with Crippen molar-refractivity contribution in [2.75, 3.05) is 32.1 Å². The van der Waals surface area contributed by atoms with Crippen LogP contribution in [0.1, 0.15) is 32.4 Å². The topological polar surface area (TPSA) is 74.8 Å². The monoisotopic (exact) mass is 366 g/mol.